The van der Waals surface area contributed by atoms with Gasteiger partial charge in [0.25, 0.3) is 0 Å². The molecule has 0 spiro atoms. The number of nitrogens with two attached hydrogens (primary N) is 1. The number of hydrogen-bond donors (Lipinski definition) is 1. The molecule has 1 amide bonds. The number of carbonyl (C=O) groups excluding carboxylic acids is 1. The number of hydrogen-bond acceptors (Lipinski definition) is 4. The number of benzene rings is 1. The molecular weight excluding hydrogens is 258 g/mol. The van der Waals surface area contributed by atoms with Crippen LogP contribution in [0.4, 0.5) is 0 Å². The largest absolute Gasteiger partial charge is 0.369 e. The predicted molar refractivity (Wildman–Crippen MR) is 77.2 cm³/mol. The highest BCUT2D eigenvalue weighted by Gasteiger charge is 2.24. The molecule has 2 heterocycles. The number of nitrogens with zero attached hydrogens (tertiary/aromatic N) is 2. The van der Waals surface area contributed by atoms with E-state index in [1.165, 1.54) is 9.71 Å². The quantitative estimate of drug-likeness (QED) is 0.931. The lowest BCUT2D eigenvalue weighted by Crippen LogP contribution is -2.40. The van der Waals surface area contributed by atoms with E-state index in [1.807, 2.05) is 12.1 Å². The zero-order valence-electron chi connectivity index (χ0n) is 10.7. The van der Waals surface area contributed by atoms with Crippen LogP contribution in [0.3, 0.4) is 0 Å². The molecule has 100 valence electrons. The fourth-order valence-corrected chi connectivity index (χ4v) is 3.78. The van der Waals surface area contributed by atoms with Gasteiger partial charge in [-0.2, -0.15) is 0 Å². The molecule has 1 atom stereocenters. The smallest absolute Gasteiger partial charge is 0.231 e. The molecule has 4 nitrogen and oxygen atoms in total. The highest BCUT2D eigenvalue weighted by molar-refractivity contribution is 7.18. The van der Waals surface area contributed by atoms with E-state index in [1.54, 1.807) is 11.3 Å². The van der Waals surface area contributed by atoms with E-state index in [2.05, 4.69) is 17.0 Å². The normalized spacial score (nSPS) is 20.7. The highest BCUT2D eigenvalue weighted by atomic mass is 32.1. The number of thiazole rings is 1. The molecule has 1 aliphatic heterocycles. The van der Waals surface area contributed by atoms with Gasteiger partial charge in [-0.25, -0.2) is 4.98 Å². The zero-order valence-corrected chi connectivity index (χ0v) is 11.5. The summed E-state index contributed by atoms with van der Waals surface area (Å²) < 4.78 is 1.24. The first-order valence-electron chi connectivity index (χ1n) is 6.58. The number of rotatable bonds is 3. The van der Waals surface area contributed by atoms with E-state index >= 15 is 0 Å². The van der Waals surface area contributed by atoms with E-state index in [4.69, 9.17) is 10.7 Å². The minimum absolute atomic E-state index is 0.245. The lowest BCUT2D eigenvalue weighted by Gasteiger charge is -2.30. The first-order valence-corrected chi connectivity index (χ1v) is 7.40. The summed E-state index contributed by atoms with van der Waals surface area (Å²) in [6, 6.07) is 8.23. The maximum atomic E-state index is 11.0. The minimum atomic E-state index is -0.245. The van der Waals surface area contributed by atoms with E-state index in [0.29, 0.717) is 12.5 Å². The third-order valence-corrected chi connectivity index (χ3v) is 4.74. The summed E-state index contributed by atoms with van der Waals surface area (Å²) in [5, 5.41) is 1.19. The summed E-state index contributed by atoms with van der Waals surface area (Å²) >= 11 is 1.77. The number of para-hydroxylation sites is 1. The standard InChI is InChI=1S/C14H17N3OS/c15-13(18)9-17-7-3-4-10(8-17)14-16-11-5-1-2-6-12(11)19-14/h1-2,5-6,10H,3-4,7-9H2,(H2,15,18)/t10-/m1/s1. The first-order chi connectivity index (χ1) is 9.22. The van der Waals surface area contributed by atoms with Crippen molar-refractivity contribution in [2.75, 3.05) is 19.6 Å². The van der Waals surface area contributed by atoms with E-state index in [0.717, 1.165) is 31.4 Å². The topological polar surface area (TPSA) is 59.2 Å². The van der Waals surface area contributed by atoms with Gasteiger partial charge < -0.3 is 5.73 Å². The van der Waals surface area contributed by atoms with Crippen molar-refractivity contribution in [2.24, 2.45) is 5.73 Å². The lowest BCUT2D eigenvalue weighted by molar-refractivity contribution is -0.119. The summed E-state index contributed by atoms with van der Waals surface area (Å²) in [6.45, 7) is 2.22. The second kappa shape index (κ2) is 5.27. The number of piperidine rings is 1. The molecule has 0 radical (unpaired) electrons. The van der Waals surface area contributed by atoms with Crippen molar-refractivity contribution in [3.05, 3.63) is 29.3 Å². The van der Waals surface area contributed by atoms with Crippen molar-refractivity contribution in [2.45, 2.75) is 18.8 Å². The summed E-state index contributed by atoms with van der Waals surface area (Å²) in [5.41, 5.74) is 6.35. The summed E-state index contributed by atoms with van der Waals surface area (Å²) in [6.07, 6.45) is 2.25. The zero-order chi connectivity index (χ0) is 13.2. The molecule has 1 saturated heterocycles. The van der Waals surface area contributed by atoms with Crippen molar-refractivity contribution in [3.63, 3.8) is 0 Å². The van der Waals surface area contributed by atoms with Gasteiger partial charge in [-0.3, -0.25) is 9.69 Å². The van der Waals surface area contributed by atoms with Gasteiger partial charge in [-0.15, -0.1) is 11.3 Å². The Morgan fingerprint density at radius 1 is 1.47 bits per heavy atom. The number of amides is 1. The Morgan fingerprint density at radius 2 is 2.32 bits per heavy atom. The van der Waals surface area contributed by atoms with Crippen LogP contribution in [-0.4, -0.2) is 35.4 Å². The van der Waals surface area contributed by atoms with Crippen molar-refractivity contribution < 1.29 is 4.79 Å². The molecule has 2 aromatic rings. The van der Waals surface area contributed by atoms with Crippen molar-refractivity contribution in [3.8, 4) is 0 Å². The van der Waals surface area contributed by atoms with Crippen molar-refractivity contribution in [1.82, 2.24) is 9.88 Å². The monoisotopic (exact) mass is 275 g/mol. The molecule has 3 rings (SSSR count). The second-order valence-electron chi connectivity index (χ2n) is 5.06. The average Bonchev–Trinajstić information content (AvgIpc) is 2.82. The van der Waals surface area contributed by atoms with Gasteiger partial charge in [0.15, 0.2) is 0 Å². The molecule has 19 heavy (non-hydrogen) atoms. The maximum Gasteiger partial charge on any atom is 0.231 e. The van der Waals surface area contributed by atoms with Gasteiger partial charge in [0, 0.05) is 12.5 Å². The molecule has 0 bridgehead atoms. The molecule has 0 aliphatic carbocycles. The van der Waals surface area contributed by atoms with E-state index in [9.17, 15) is 4.79 Å². The lowest BCUT2D eigenvalue weighted by atomic mass is 9.99. The van der Waals surface area contributed by atoms with Crippen LogP contribution < -0.4 is 5.73 Å². The number of fused-ring (bicyclic) bond motifs is 1. The molecule has 1 aromatic heterocycles. The summed E-state index contributed by atoms with van der Waals surface area (Å²) in [5.74, 6) is 0.190. The molecule has 1 aliphatic rings. The van der Waals surface area contributed by atoms with Crippen LogP contribution in [0.25, 0.3) is 10.2 Å². The van der Waals surface area contributed by atoms with Crippen LogP contribution in [0.2, 0.25) is 0 Å². The third kappa shape index (κ3) is 2.77. The fourth-order valence-electron chi connectivity index (χ4n) is 2.69. The van der Waals surface area contributed by atoms with Crippen LogP contribution in [0, 0.1) is 0 Å². The molecule has 0 saturated carbocycles. The van der Waals surface area contributed by atoms with Crippen molar-refractivity contribution >= 4 is 27.5 Å². The second-order valence-corrected chi connectivity index (χ2v) is 6.12. The highest BCUT2D eigenvalue weighted by Crippen LogP contribution is 2.32. The fraction of sp³-hybridized carbons (Fsp3) is 0.429. The molecule has 1 fully saturated rings. The van der Waals surface area contributed by atoms with Crippen LogP contribution in [0.1, 0.15) is 23.8 Å². The van der Waals surface area contributed by atoms with Gasteiger partial charge >= 0.3 is 0 Å². The number of primary amides is 1. The van der Waals surface area contributed by atoms with Crippen LogP contribution in [-0.2, 0) is 4.79 Å². The number of aromatic nitrogens is 1. The van der Waals surface area contributed by atoms with Gasteiger partial charge in [0.2, 0.25) is 5.91 Å². The van der Waals surface area contributed by atoms with E-state index < -0.39 is 0 Å². The Kier molecular flexibility index (Phi) is 3.48. The van der Waals surface area contributed by atoms with Gasteiger partial charge in [-0.1, -0.05) is 12.1 Å². The summed E-state index contributed by atoms with van der Waals surface area (Å²) in [7, 11) is 0. The Bertz CT molecular complexity index is 562. The molecule has 2 N–H and O–H groups in total. The summed E-state index contributed by atoms with van der Waals surface area (Å²) in [4.78, 5) is 17.9. The Morgan fingerprint density at radius 3 is 3.11 bits per heavy atom. The van der Waals surface area contributed by atoms with Gasteiger partial charge in [0.1, 0.15) is 0 Å². The molecule has 1 aromatic carbocycles. The Hall–Kier alpha value is -1.46. The molecule has 0 unspecified atom stereocenters. The van der Waals surface area contributed by atoms with Crippen molar-refractivity contribution in [1.29, 1.82) is 0 Å². The first kappa shape index (κ1) is 12.6. The van der Waals surface area contributed by atoms with Gasteiger partial charge in [-0.05, 0) is 31.5 Å². The third-order valence-electron chi connectivity index (χ3n) is 3.54. The minimum Gasteiger partial charge on any atom is -0.369 e. The predicted octanol–water partition coefficient (Wildman–Crippen LogP) is 1.96. The molecule has 5 heteroatoms. The average molecular weight is 275 g/mol. The van der Waals surface area contributed by atoms with Crippen LogP contribution in [0.15, 0.2) is 24.3 Å². The Balaban J connectivity index is 1.79. The van der Waals surface area contributed by atoms with Crippen LogP contribution >= 0.6 is 11.3 Å². The van der Waals surface area contributed by atoms with Gasteiger partial charge in [0.05, 0.1) is 21.8 Å². The van der Waals surface area contributed by atoms with E-state index in [-0.39, 0.29) is 5.91 Å². The SMILES string of the molecule is NC(=O)CN1CCC[C@@H](c2nc3ccccc3s2)C1. The number of likely N-dealkylation sites (tertiary alicyclic amines) is 1. The Labute approximate surface area is 116 Å². The maximum absolute atomic E-state index is 11.0. The number of carbonyl (C=O) groups is 1. The molecular formula is C14H17N3OS. The van der Waals surface area contributed by atoms with Crippen LogP contribution in [0.5, 0.6) is 0 Å².